The number of amides is 1. The van der Waals surface area contributed by atoms with E-state index >= 15 is 0 Å². The highest BCUT2D eigenvalue weighted by atomic mass is 35.5. The number of benzene rings is 1. The van der Waals surface area contributed by atoms with E-state index in [1.165, 1.54) is 0 Å². The molecule has 3 aromatic rings. The summed E-state index contributed by atoms with van der Waals surface area (Å²) in [6.07, 6.45) is 1.61. The highest BCUT2D eigenvalue weighted by molar-refractivity contribution is 6.33. The Morgan fingerprint density at radius 1 is 0.962 bits per heavy atom. The molecule has 0 N–H and O–H groups in total. The maximum absolute atomic E-state index is 12.6. The monoisotopic (exact) mass is 368 g/mol. The van der Waals surface area contributed by atoms with E-state index in [4.69, 9.17) is 16.0 Å². The number of hydrogen-bond acceptors (Lipinski definition) is 5. The average Bonchev–Trinajstić information content (AvgIpc) is 3.23. The molecule has 1 aromatic carbocycles. The van der Waals surface area contributed by atoms with E-state index in [0.29, 0.717) is 48.2 Å². The molecular formula is C19H17ClN4O2. The zero-order valence-electron chi connectivity index (χ0n) is 14.0. The first-order valence-corrected chi connectivity index (χ1v) is 8.76. The Labute approximate surface area is 156 Å². The molecule has 0 unspecified atom stereocenters. The molecule has 7 heteroatoms. The number of furan rings is 1. The number of rotatable bonds is 3. The quantitative estimate of drug-likeness (QED) is 0.709. The van der Waals surface area contributed by atoms with Crippen LogP contribution in [0.15, 0.2) is 59.2 Å². The van der Waals surface area contributed by atoms with Crippen molar-refractivity contribution in [1.82, 2.24) is 15.1 Å². The van der Waals surface area contributed by atoms with E-state index < -0.39 is 0 Å². The van der Waals surface area contributed by atoms with Gasteiger partial charge in [-0.05, 0) is 36.4 Å². The minimum Gasteiger partial charge on any atom is -0.463 e. The molecule has 0 radical (unpaired) electrons. The lowest BCUT2D eigenvalue weighted by molar-refractivity contribution is 0.0746. The van der Waals surface area contributed by atoms with Crippen molar-refractivity contribution in [3.8, 4) is 11.5 Å². The van der Waals surface area contributed by atoms with Gasteiger partial charge >= 0.3 is 0 Å². The van der Waals surface area contributed by atoms with Crippen molar-refractivity contribution in [2.45, 2.75) is 0 Å². The molecule has 3 heterocycles. The first kappa shape index (κ1) is 16.6. The van der Waals surface area contributed by atoms with Gasteiger partial charge in [0.2, 0.25) is 0 Å². The lowest BCUT2D eigenvalue weighted by atomic mass is 10.2. The highest BCUT2D eigenvalue weighted by Crippen LogP contribution is 2.21. The van der Waals surface area contributed by atoms with E-state index in [9.17, 15) is 4.79 Å². The standard InChI is InChI=1S/C19H17ClN4O2/c20-15-5-2-1-4-14(15)19(25)24-11-9-23(10-12-24)18-8-7-16(21-22-18)17-6-3-13-26-17/h1-8,13H,9-12H2. The molecule has 1 saturated heterocycles. The van der Waals surface area contributed by atoms with Crippen LogP contribution in [0, 0.1) is 0 Å². The van der Waals surface area contributed by atoms with Gasteiger partial charge in [0, 0.05) is 26.2 Å². The molecule has 2 aromatic heterocycles. The van der Waals surface area contributed by atoms with Crippen molar-refractivity contribution in [3.63, 3.8) is 0 Å². The van der Waals surface area contributed by atoms with Crippen LogP contribution >= 0.6 is 11.6 Å². The van der Waals surface area contributed by atoms with Gasteiger partial charge in [-0.3, -0.25) is 4.79 Å². The fourth-order valence-corrected chi connectivity index (χ4v) is 3.21. The third-order valence-corrected chi connectivity index (χ3v) is 4.75. The van der Waals surface area contributed by atoms with Crippen LogP contribution in [0.2, 0.25) is 5.02 Å². The zero-order chi connectivity index (χ0) is 17.9. The summed E-state index contributed by atoms with van der Waals surface area (Å²) in [5.41, 5.74) is 1.25. The molecule has 1 aliphatic rings. The second kappa shape index (κ2) is 7.17. The first-order chi connectivity index (χ1) is 12.7. The van der Waals surface area contributed by atoms with Crippen molar-refractivity contribution in [1.29, 1.82) is 0 Å². The number of nitrogens with zero attached hydrogens (tertiary/aromatic N) is 4. The molecule has 1 fully saturated rings. The minimum atomic E-state index is -0.0329. The molecule has 0 spiro atoms. The van der Waals surface area contributed by atoms with Crippen molar-refractivity contribution in [2.75, 3.05) is 31.1 Å². The number of carbonyl (C=O) groups is 1. The summed E-state index contributed by atoms with van der Waals surface area (Å²) >= 11 is 6.14. The van der Waals surface area contributed by atoms with Gasteiger partial charge < -0.3 is 14.2 Å². The van der Waals surface area contributed by atoms with Crippen LogP contribution in [0.4, 0.5) is 5.82 Å². The Morgan fingerprint density at radius 2 is 1.77 bits per heavy atom. The van der Waals surface area contributed by atoms with Gasteiger partial charge in [-0.15, -0.1) is 10.2 Å². The second-order valence-electron chi connectivity index (χ2n) is 6.01. The topological polar surface area (TPSA) is 62.5 Å². The molecule has 0 saturated carbocycles. The molecule has 6 nitrogen and oxygen atoms in total. The summed E-state index contributed by atoms with van der Waals surface area (Å²) < 4.78 is 5.33. The molecule has 1 aliphatic heterocycles. The molecule has 0 atom stereocenters. The number of halogens is 1. The smallest absolute Gasteiger partial charge is 0.255 e. The summed E-state index contributed by atoms with van der Waals surface area (Å²) in [5, 5.41) is 9.00. The van der Waals surface area contributed by atoms with Crippen LogP contribution in [0.1, 0.15) is 10.4 Å². The number of aromatic nitrogens is 2. The van der Waals surface area contributed by atoms with Crippen LogP contribution < -0.4 is 4.90 Å². The predicted octanol–water partition coefficient (Wildman–Crippen LogP) is 3.35. The van der Waals surface area contributed by atoms with Gasteiger partial charge in [0.15, 0.2) is 11.6 Å². The molecule has 0 bridgehead atoms. The van der Waals surface area contributed by atoms with Crippen LogP contribution in [-0.2, 0) is 0 Å². The molecule has 0 aliphatic carbocycles. The van der Waals surface area contributed by atoms with E-state index in [1.54, 1.807) is 18.4 Å². The Hall–Kier alpha value is -2.86. The Morgan fingerprint density at radius 3 is 2.42 bits per heavy atom. The predicted molar refractivity (Wildman–Crippen MR) is 99.3 cm³/mol. The van der Waals surface area contributed by atoms with Crippen molar-refractivity contribution in [3.05, 3.63) is 65.4 Å². The molecule has 26 heavy (non-hydrogen) atoms. The van der Waals surface area contributed by atoms with E-state index in [0.717, 1.165) is 5.82 Å². The second-order valence-corrected chi connectivity index (χ2v) is 6.42. The summed E-state index contributed by atoms with van der Waals surface area (Å²) in [7, 11) is 0. The van der Waals surface area contributed by atoms with Crippen LogP contribution in [0.3, 0.4) is 0 Å². The lowest BCUT2D eigenvalue weighted by Crippen LogP contribution is -2.49. The molecule has 1 amide bonds. The molecule has 132 valence electrons. The maximum atomic E-state index is 12.6. The summed E-state index contributed by atoms with van der Waals surface area (Å²) in [6.45, 7) is 2.63. The summed E-state index contributed by atoms with van der Waals surface area (Å²) in [4.78, 5) is 16.6. The number of piperazine rings is 1. The summed E-state index contributed by atoms with van der Waals surface area (Å²) in [6, 6.07) is 14.6. The normalized spacial score (nSPS) is 14.5. The zero-order valence-corrected chi connectivity index (χ0v) is 14.8. The SMILES string of the molecule is O=C(c1ccccc1Cl)N1CCN(c2ccc(-c3ccco3)nn2)CC1. The minimum absolute atomic E-state index is 0.0329. The fraction of sp³-hybridized carbons (Fsp3) is 0.211. The van der Waals surface area contributed by atoms with Gasteiger partial charge in [-0.25, -0.2) is 0 Å². The summed E-state index contributed by atoms with van der Waals surface area (Å²) in [5.74, 6) is 1.46. The first-order valence-electron chi connectivity index (χ1n) is 8.39. The Balaban J connectivity index is 1.40. The lowest BCUT2D eigenvalue weighted by Gasteiger charge is -2.35. The average molecular weight is 369 g/mol. The van der Waals surface area contributed by atoms with E-state index in [-0.39, 0.29) is 5.91 Å². The van der Waals surface area contributed by atoms with E-state index in [2.05, 4.69) is 15.1 Å². The Bertz CT molecular complexity index is 888. The van der Waals surface area contributed by atoms with E-state index in [1.807, 2.05) is 41.3 Å². The number of anilines is 1. The van der Waals surface area contributed by atoms with Gasteiger partial charge in [-0.2, -0.15) is 0 Å². The van der Waals surface area contributed by atoms with Gasteiger partial charge in [0.25, 0.3) is 5.91 Å². The van der Waals surface area contributed by atoms with Gasteiger partial charge in [0.05, 0.1) is 16.8 Å². The fourth-order valence-electron chi connectivity index (χ4n) is 2.99. The van der Waals surface area contributed by atoms with Crippen LogP contribution in [-0.4, -0.2) is 47.2 Å². The molecule has 4 rings (SSSR count). The van der Waals surface area contributed by atoms with Crippen molar-refractivity contribution < 1.29 is 9.21 Å². The third kappa shape index (κ3) is 3.28. The number of carbonyl (C=O) groups excluding carboxylic acids is 1. The van der Waals surface area contributed by atoms with Crippen molar-refractivity contribution >= 4 is 23.3 Å². The Kier molecular flexibility index (Phi) is 4.58. The highest BCUT2D eigenvalue weighted by Gasteiger charge is 2.24. The third-order valence-electron chi connectivity index (χ3n) is 4.42. The van der Waals surface area contributed by atoms with Gasteiger partial charge in [-0.1, -0.05) is 23.7 Å². The van der Waals surface area contributed by atoms with Gasteiger partial charge in [0.1, 0.15) is 5.69 Å². The molecular weight excluding hydrogens is 352 g/mol. The maximum Gasteiger partial charge on any atom is 0.255 e. The largest absolute Gasteiger partial charge is 0.463 e. The van der Waals surface area contributed by atoms with Crippen LogP contribution in [0.5, 0.6) is 0 Å². The van der Waals surface area contributed by atoms with Crippen LogP contribution in [0.25, 0.3) is 11.5 Å². The number of hydrogen-bond donors (Lipinski definition) is 0. The van der Waals surface area contributed by atoms with Crippen molar-refractivity contribution in [2.24, 2.45) is 0 Å².